The molecule has 2 N–H and O–H groups in total. The molecule has 1 fully saturated rings. The number of carbonyl (C=O) groups is 1. The van der Waals surface area contributed by atoms with E-state index in [9.17, 15) is 27.3 Å². The summed E-state index contributed by atoms with van der Waals surface area (Å²) in [6.45, 7) is 1.77. The largest absolute Gasteiger partial charge is 0.503 e. The Morgan fingerprint density at radius 3 is 2.61 bits per heavy atom. The van der Waals surface area contributed by atoms with Gasteiger partial charge in [-0.05, 0) is 18.9 Å². The molecule has 1 aromatic carbocycles. The van der Waals surface area contributed by atoms with Gasteiger partial charge in [0.2, 0.25) is 5.82 Å². The quantitative estimate of drug-likeness (QED) is 0.821. The van der Waals surface area contributed by atoms with Crippen LogP contribution in [0.25, 0.3) is 0 Å². The van der Waals surface area contributed by atoms with Crippen LogP contribution in [0.1, 0.15) is 43.0 Å². The number of phenols is 1. The van der Waals surface area contributed by atoms with E-state index >= 15 is 0 Å². The lowest BCUT2D eigenvalue weighted by Crippen LogP contribution is -2.47. The molecule has 4 nitrogen and oxygen atoms in total. The van der Waals surface area contributed by atoms with E-state index in [-0.39, 0.29) is 5.25 Å². The van der Waals surface area contributed by atoms with Gasteiger partial charge >= 0.3 is 0 Å². The van der Waals surface area contributed by atoms with Crippen molar-refractivity contribution < 1.29 is 27.3 Å². The Balaban J connectivity index is 2.23. The van der Waals surface area contributed by atoms with Gasteiger partial charge in [0.1, 0.15) is 0 Å². The van der Waals surface area contributed by atoms with Gasteiger partial charge in [-0.2, -0.15) is 4.39 Å². The Kier molecular flexibility index (Phi) is 5.67. The molecule has 8 heteroatoms. The molecule has 128 valence electrons. The maximum atomic E-state index is 13.8. The van der Waals surface area contributed by atoms with E-state index < -0.39 is 51.5 Å². The van der Waals surface area contributed by atoms with Crippen molar-refractivity contribution in [1.29, 1.82) is 0 Å². The number of hydrogen-bond donors (Lipinski definition) is 2. The van der Waals surface area contributed by atoms with Gasteiger partial charge in [0, 0.05) is 22.6 Å². The average molecular weight is 349 g/mol. The summed E-state index contributed by atoms with van der Waals surface area (Å²) in [5.74, 6) is -6.79. The zero-order valence-corrected chi connectivity index (χ0v) is 13.4. The second-order valence-electron chi connectivity index (χ2n) is 5.45. The van der Waals surface area contributed by atoms with Crippen LogP contribution < -0.4 is 5.32 Å². The highest BCUT2D eigenvalue weighted by Gasteiger charge is 2.32. The first-order valence-electron chi connectivity index (χ1n) is 7.41. The molecule has 0 heterocycles. The van der Waals surface area contributed by atoms with E-state index in [2.05, 4.69) is 5.32 Å². The van der Waals surface area contributed by atoms with Crippen molar-refractivity contribution in [2.75, 3.05) is 5.75 Å². The minimum atomic E-state index is -1.73. The molecule has 0 bridgehead atoms. The van der Waals surface area contributed by atoms with Gasteiger partial charge < -0.3 is 10.4 Å². The van der Waals surface area contributed by atoms with Gasteiger partial charge in [-0.1, -0.05) is 19.8 Å². The van der Waals surface area contributed by atoms with E-state index in [1.54, 1.807) is 6.92 Å². The van der Waals surface area contributed by atoms with Crippen LogP contribution in [0, 0.1) is 17.5 Å². The SMILES string of the molecule is CC[S@@](=O)[C@H]1CCCC[C@@H]1NC(=O)c1cc(F)c(F)c(O)c1F. The molecule has 1 aromatic rings. The molecule has 0 spiro atoms. The second kappa shape index (κ2) is 7.33. The monoisotopic (exact) mass is 349 g/mol. The maximum absolute atomic E-state index is 13.8. The molecular formula is C15H18F3NO3S. The molecule has 2 rings (SSSR count). The third-order valence-corrected chi connectivity index (χ3v) is 5.83. The van der Waals surface area contributed by atoms with Crippen molar-refractivity contribution in [3.8, 4) is 5.75 Å². The summed E-state index contributed by atoms with van der Waals surface area (Å²) in [5, 5.41) is 11.5. The highest BCUT2D eigenvalue weighted by atomic mass is 32.2. The summed E-state index contributed by atoms with van der Waals surface area (Å²) in [6, 6.07) is -0.0133. The molecule has 1 saturated carbocycles. The molecule has 23 heavy (non-hydrogen) atoms. The Hall–Kier alpha value is -1.57. The van der Waals surface area contributed by atoms with Crippen molar-refractivity contribution in [2.24, 2.45) is 0 Å². The first kappa shape index (κ1) is 17.8. The van der Waals surface area contributed by atoms with Crippen LogP contribution >= 0.6 is 0 Å². The fourth-order valence-electron chi connectivity index (χ4n) is 2.79. The molecule has 1 aliphatic rings. The lowest BCUT2D eigenvalue weighted by atomic mass is 9.94. The fraction of sp³-hybridized carbons (Fsp3) is 0.533. The van der Waals surface area contributed by atoms with E-state index in [1.165, 1.54) is 0 Å². The molecule has 0 radical (unpaired) electrons. The van der Waals surface area contributed by atoms with Gasteiger partial charge in [-0.3, -0.25) is 9.00 Å². The molecule has 0 aliphatic heterocycles. The van der Waals surface area contributed by atoms with Crippen molar-refractivity contribution in [1.82, 2.24) is 5.32 Å². The number of nitrogens with one attached hydrogen (secondary N) is 1. The summed E-state index contributed by atoms with van der Waals surface area (Å²) >= 11 is 0. The van der Waals surface area contributed by atoms with Crippen molar-refractivity contribution in [3.63, 3.8) is 0 Å². The van der Waals surface area contributed by atoms with E-state index in [0.717, 1.165) is 12.8 Å². The Morgan fingerprint density at radius 2 is 1.96 bits per heavy atom. The van der Waals surface area contributed by atoms with Crippen LogP contribution in [0.5, 0.6) is 5.75 Å². The second-order valence-corrected chi connectivity index (χ2v) is 7.40. The van der Waals surface area contributed by atoms with Gasteiger partial charge in [0.05, 0.1) is 10.8 Å². The standard InChI is InChI=1S/C15H18F3NO3S/c1-2-23(22)11-6-4-3-5-10(11)19-15(21)8-7-9(16)13(18)14(20)12(8)17/h7,10-11,20H,2-6H2,1H3,(H,19,21)/t10-,11-,23+/m0/s1. The lowest BCUT2D eigenvalue weighted by molar-refractivity contribution is 0.0923. The number of amides is 1. The summed E-state index contributed by atoms with van der Waals surface area (Å²) in [6.07, 6.45) is 2.98. The normalized spacial score (nSPS) is 22.6. The number of rotatable bonds is 4. The van der Waals surface area contributed by atoms with E-state index in [0.29, 0.717) is 24.7 Å². The third-order valence-electron chi connectivity index (χ3n) is 4.02. The predicted molar refractivity (Wildman–Crippen MR) is 80.2 cm³/mol. The number of carbonyl (C=O) groups excluding carboxylic acids is 1. The summed E-state index contributed by atoms with van der Waals surface area (Å²) in [4.78, 5) is 12.2. The predicted octanol–water partition coefficient (Wildman–Crippen LogP) is 2.62. The summed E-state index contributed by atoms with van der Waals surface area (Å²) < 4.78 is 52.2. The molecular weight excluding hydrogens is 331 g/mol. The van der Waals surface area contributed by atoms with Crippen LogP contribution in [0.2, 0.25) is 0 Å². The van der Waals surface area contributed by atoms with Crippen LogP contribution in [0.4, 0.5) is 13.2 Å². The van der Waals surface area contributed by atoms with Crippen LogP contribution in [0.15, 0.2) is 6.07 Å². The fourth-order valence-corrected chi connectivity index (χ4v) is 4.22. The van der Waals surface area contributed by atoms with Crippen molar-refractivity contribution in [2.45, 2.75) is 43.9 Å². The number of phenolic OH excluding ortho intramolecular Hbond substituents is 1. The Bertz CT molecular complexity index is 639. The summed E-state index contributed by atoms with van der Waals surface area (Å²) in [5.41, 5.74) is -0.770. The molecule has 1 aliphatic carbocycles. The Labute approximate surface area is 134 Å². The van der Waals surface area contributed by atoms with E-state index in [4.69, 9.17) is 0 Å². The molecule has 0 unspecified atom stereocenters. The highest BCUT2D eigenvalue weighted by molar-refractivity contribution is 7.85. The number of aromatic hydroxyl groups is 1. The van der Waals surface area contributed by atoms with E-state index in [1.807, 2.05) is 0 Å². The topological polar surface area (TPSA) is 66.4 Å². The van der Waals surface area contributed by atoms with Crippen LogP contribution in [-0.2, 0) is 10.8 Å². The number of benzene rings is 1. The molecule has 0 saturated heterocycles. The Morgan fingerprint density at radius 1 is 1.30 bits per heavy atom. The maximum Gasteiger partial charge on any atom is 0.254 e. The van der Waals surface area contributed by atoms with Gasteiger partial charge in [0.25, 0.3) is 5.91 Å². The highest BCUT2D eigenvalue weighted by Crippen LogP contribution is 2.27. The van der Waals surface area contributed by atoms with Crippen LogP contribution in [0.3, 0.4) is 0 Å². The number of halogens is 3. The molecule has 0 aromatic heterocycles. The molecule has 3 atom stereocenters. The minimum Gasteiger partial charge on any atom is -0.503 e. The van der Waals surface area contributed by atoms with Crippen LogP contribution in [-0.4, -0.2) is 32.3 Å². The first-order valence-corrected chi connectivity index (χ1v) is 8.79. The average Bonchev–Trinajstić information content (AvgIpc) is 2.55. The zero-order valence-electron chi connectivity index (χ0n) is 12.6. The summed E-state index contributed by atoms with van der Waals surface area (Å²) in [7, 11) is -1.13. The van der Waals surface area contributed by atoms with Gasteiger partial charge in [0.15, 0.2) is 17.4 Å². The number of hydrogen-bond acceptors (Lipinski definition) is 3. The smallest absolute Gasteiger partial charge is 0.254 e. The van der Waals surface area contributed by atoms with Crippen molar-refractivity contribution >= 4 is 16.7 Å². The minimum absolute atomic E-state index is 0.250. The zero-order chi connectivity index (χ0) is 17.1. The van der Waals surface area contributed by atoms with Gasteiger partial charge in [-0.15, -0.1) is 0 Å². The van der Waals surface area contributed by atoms with Gasteiger partial charge in [-0.25, -0.2) is 8.78 Å². The lowest BCUT2D eigenvalue weighted by Gasteiger charge is -2.31. The third kappa shape index (κ3) is 3.68. The first-order chi connectivity index (χ1) is 10.9. The van der Waals surface area contributed by atoms with Crippen molar-refractivity contribution in [3.05, 3.63) is 29.1 Å². The molecule has 1 amide bonds.